The number of methoxy groups -OCH3 is 2. The lowest BCUT2D eigenvalue weighted by atomic mass is 10.1. The Labute approximate surface area is 179 Å². The molecule has 2 aromatic rings. The fraction of sp³-hybridized carbons (Fsp3) is 0.227. The van der Waals surface area contributed by atoms with E-state index in [0.29, 0.717) is 10.7 Å². The van der Waals surface area contributed by atoms with Gasteiger partial charge in [-0.25, -0.2) is 0 Å². The van der Waals surface area contributed by atoms with Crippen LogP contribution < -0.4 is 14.8 Å². The van der Waals surface area contributed by atoms with Gasteiger partial charge in [0.15, 0.2) is 0 Å². The number of amides is 3. The Bertz CT molecular complexity index is 954. The average Bonchev–Trinajstić information content (AvgIpc) is 3.02. The van der Waals surface area contributed by atoms with Gasteiger partial charge in [0.25, 0.3) is 11.1 Å². The van der Waals surface area contributed by atoms with E-state index in [0.717, 1.165) is 33.5 Å². The zero-order valence-corrected chi connectivity index (χ0v) is 17.5. The molecule has 156 valence electrons. The predicted octanol–water partition coefficient (Wildman–Crippen LogP) is 3.10. The third-order valence-corrected chi connectivity index (χ3v) is 5.38. The van der Waals surface area contributed by atoms with E-state index in [9.17, 15) is 14.4 Å². The zero-order chi connectivity index (χ0) is 21.5. The molecule has 0 unspecified atom stereocenters. The number of hydrogen-bond acceptors (Lipinski definition) is 6. The Morgan fingerprint density at radius 1 is 1.00 bits per heavy atom. The number of imide groups is 1. The largest absolute Gasteiger partial charge is 0.497 e. The molecule has 1 saturated heterocycles. The van der Waals surface area contributed by atoms with Gasteiger partial charge in [0.05, 0.1) is 25.5 Å². The number of carbonyl (C=O) groups excluding carboxylic acids is 3. The van der Waals surface area contributed by atoms with Crippen molar-refractivity contribution in [2.24, 2.45) is 0 Å². The van der Waals surface area contributed by atoms with Crippen molar-refractivity contribution in [3.05, 3.63) is 64.6 Å². The number of nitrogens with zero attached hydrogens (tertiary/aromatic N) is 1. The topological polar surface area (TPSA) is 84.9 Å². The first kappa shape index (κ1) is 21.4. The molecule has 7 nitrogen and oxygen atoms in total. The summed E-state index contributed by atoms with van der Waals surface area (Å²) in [5, 5.41) is 2.40. The molecule has 1 aliphatic heterocycles. The van der Waals surface area contributed by atoms with Gasteiger partial charge in [0, 0.05) is 13.1 Å². The molecule has 3 rings (SSSR count). The Hall–Kier alpha value is -3.26. The van der Waals surface area contributed by atoms with Crippen molar-refractivity contribution in [1.82, 2.24) is 10.2 Å². The molecule has 0 aromatic heterocycles. The normalized spacial score (nSPS) is 14.9. The maximum Gasteiger partial charge on any atom is 0.293 e. The molecule has 1 aliphatic rings. The molecule has 0 spiro atoms. The highest BCUT2D eigenvalue weighted by atomic mass is 32.2. The molecule has 30 heavy (non-hydrogen) atoms. The van der Waals surface area contributed by atoms with Gasteiger partial charge < -0.3 is 14.8 Å². The van der Waals surface area contributed by atoms with Crippen LogP contribution in [0.3, 0.4) is 0 Å². The first-order valence-electron chi connectivity index (χ1n) is 9.29. The van der Waals surface area contributed by atoms with Crippen LogP contribution >= 0.6 is 11.8 Å². The third-order valence-electron chi connectivity index (χ3n) is 4.47. The van der Waals surface area contributed by atoms with Crippen LogP contribution in [0.2, 0.25) is 0 Å². The molecule has 0 aliphatic carbocycles. The molecule has 0 radical (unpaired) electrons. The summed E-state index contributed by atoms with van der Waals surface area (Å²) in [6.45, 7) is 0.321. The van der Waals surface area contributed by atoms with Crippen molar-refractivity contribution >= 4 is 34.9 Å². The number of ether oxygens (including phenoxy) is 2. The maximum absolute atomic E-state index is 12.5. The summed E-state index contributed by atoms with van der Waals surface area (Å²) in [5.74, 6) is 0.901. The minimum atomic E-state index is -0.356. The van der Waals surface area contributed by atoms with E-state index in [1.165, 1.54) is 0 Å². The molecule has 3 amide bonds. The number of thioether (sulfide) groups is 1. The predicted molar refractivity (Wildman–Crippen MR) is 115 cm³/mol. The van der Waals surface area contributed by atoms with E-state index in [1.807, 2.05) is 24.3 Å². The van der Waals surface area contributed by atoms with Crippen LogP contribution in [0.15, 0.2) is 53.4 Å². The van der Waals surface area contributed by atoms with Crippen LogP contribution in [0.5, 0.6) is 11.5 Å². The lowest BCUT2D eigenvalue weighted by Crippen LogP contribution is -2.37. The second kappa shape index (κ2) is 9.98. The fourth-order valence-corrected chi connectivity index (χ4v) is 3.71. The Morgan fingerprint density at radius 2 is 1.60 bits per heavy atom. The molecular formula is C22H22N2O5S. The van der Waals surface area contributed by atoms with Gasteiger partial charge >= 0.3 is 0 Å². The molecule has 2 aromatic carbocycles. The SMILES string of the molecule is COc1ccc(/C=C2\SC(=O)N(CCNC(=O)Cc3ccc(OC)cc3)C2=O)cc1. The highest BCUT2D eigenvalue weighted by Gasteiger charge is 2.34. The number of nitrogens with one attached hydrogen (secondary N) is 1. The Morgan fingerprint density at radius 3 is 2.20 bits per heavy atom. The van der Waals surface area contributed by atoms with Gasteiger partial charge in [-0.1, -0.05) is 24.3 Å². The molecule has 0 atom stereocenters. The van der Waals surface area contributed by atoms with Crippen LogP contribution in [0, 0.1) is 0 Å². The minimum Gasteiger partial charge on any atom is -0.497 e. The van der Waals surface area contributed by atoms with Crippen molar-refractivity contribution in [2.75, 3.05) is 27.3 Å². The van der Waals surface area contributed by atoms with E-state index in [2.05, 4.69) is 5.32 Å². The fourth-order valence-electron chi connectivity index (χ4n) is 2.84. The van der Waals surface area contributed by atoms with Crippen molar-refractivity contribution in [1.29, 1.82) is 0 Å². The molecular weight excluding hydrogens is 404 g/mol. The Balaban J connectivity index is 1.51. The Kier molecular flexibility index (Phi) is 7.13. The molecule has 0 bridgehead atoms. The summed E-state index contributed by atoms with van der Waals surface area (Å²) in [5.41, 5.74) is 1.65. The van der Waals surface area contributed by atoms with E-state index in [4.69, 9.17) is 9.47 Å². The second-order valence-electron chi connectivity index (χ2n) is 6.48. The van der Waals surface area contributed by atoms with Crippen LogP contribution in [-0.4, -0.2) is 49.3 Å². The number of hydrogen-bond donors (Lipinski definition) is 1. The number of rotatable bonds is 8. The lowest BCUT2D eigenvalue weighted by molar-refractivity contribution is -0.124. The molecule has 1 fully saturated rings. The third kappa shape index (κ3) is 5.42. The van der Waals surface area contributed by atoms with Crippen molar-refractivity contribution in [3.8, 4) is 11.5 Å². The smallest absolute Gasteiger partial charge is 0.293 e. The summed E-state index contributed by atoms with van der Waals surface area (Å²) in [7, 11) is 3.16. The van der Waals surface area contributed by atoms with Crippen LogP contribution in [0.4, 0.5) is 4.79 Å². The molecule has 0 saturated carbocycles. The van der Waals surface area contributed by atoms with Gasteiger partial charge in [0.1, 0.15) is 11.5 Å². The summed E-state index contributed by atoms with van der Waals surface area (Å²) in [6.07, 6.45) is 1.88. The average molecular weight is 426 g/mol. The van der Waals surface area contributed by atoms with E-state index < -0.39 is 0 Å². The maximum atomic E-state index is 12.5. The van der Waals surface area contributed by atoms with E-state index in [-0.39, 0.29) is 36.6 Å². The first-order valence-corrected chi connectivity index (χ1v) is 10.1. The van der Waals surface area contributed by atoms with Gasteiger partial charge in [-0.2, -0.15) is 0 Å². The molecule has 1 heterocycles. The summed E-state index contributed by atoms with van der Waals surface area (Å²) >= 11 is 0.894. The monoisotopic (exact) mass is 426 g/mol. The number of benzene rings is 2. The highest BCUT2D eigenvalue weighted by Crippen LogP contribution is 2.32. The first-order chi connectivity index (χ1) is 14.5. The summed E-state index contributed by atoms with van der Waals surface area (Å²) in [6, 6.07) is 14.4. The van der Waals surface area contributed by atoms with Gasteiger partial charge in [-0.15, -0.1) is 0 Å². The highest BCUT2D eigenvalue weighted by molar-refractivity contribution is 8.18. The zero-order valence-electron chi connectivity index (χ0n) is 16.7. The lowest BCUT2D eigenvalue weighted by Gasteiger charge is -2.13. The molecule has 1 N–H and O–H groups in total. The van der Waals surface area contributed by atoms with Crippen molar-refractivity contribution in [2.45, 2.75) is 6.42 Å². The second-order valence-corrected chi connectivity index (χ2v) is 7.47. The van der Waals surface area contributed by atoms with E-state index >= 15 is 0 Å². The van der Waals surface area contributed by atoms with Crippen LogP contribution in [0.1, 0.15) is 11.1 Å². The van der Waals surface area contributed by atoms with E-state index in [1.54, 1.807) is 44.6 Å². The van der Waals surface area contributed by atoms with Gasteiger partial charge in [0.2, 0.25) is 5.91 Å². The number of carbonyl (C=O) groups is 3. The van der Waals surface area contributed by atoms with Crippen LogP contribution in [0.25, 0.3) is 6.08 Å². The minimum absolute atomic E-state index is 0.124. The molecule has 8 heteroatoms. The van der Waals surface area contributed by atoms with Gasteiger partial charge in [-0.05, 0) is 53.2 Å². The van der Waals surface area contributed by atoms with Crippen LogP contribution in [-0.2, 0) is 16.0 Å². The van der Waals surface area contributed by atoms with Crippen molar-refractivity contribution < 1.29 is 23.9 Å². The van der Waals surface area contributed by atoms with Crippen molar-refractivity contribution in [3.63, 3.8) is 0 Å². The summed E-state index contributed by atoms with van der Waals surface area (Å²) in [4.78, 5) is 38.3. The van der Waals surface area contributed by atoms with Gasteiger partial charge in [-0.3, -0.25) is 19.3 Å². The summed E-state index contributed by atoms with van der Waals surface area (Å²) < 4.78 is 10.2. The standard InChI is InChI=1S/C22H22N2O5S/c1-28-17-7-3-15(4-8-17)13-19-21(26)24(22(27)30-19)12-11-23-20(25)14-16-5-9-18(29-2)10-6-16/h3-10,13H,11-12,14H2,1-2H3,(H,23,25)/b19-13-. The quantitative estimate of drug-likeness (QED) is 0.653.